The van der Waals surface area contributed by atoms with Gasteiger partial charge in [-0.15, -0.1) is 11.8 Å². The highest BCUT2D eigenvalue weighted by Gasteiger charge is 2.40. The Morgan fingerprint density at radius 1 is 1.43 bits per heavy atom. The van der Waals surface area contributed by atoms with Crippen LogP contribution in [0.4, 0.5) is 0 Å². The fourth-order valence-electron chi connectivity index (χ4n) is 1.75. The minimum Gasteiger partial charge on any atom is -0.390 e. The van der Waals surface area contributed by atoms with E-state index >= 15 is 0 Å². The van der Waals surface area contributed by atoms with Crippen LogP contribution in [0.15, 0.2) is 23.1 Å². The molecule has 14 heavy (non-hydrogen) atoms. The first-order chi connectivity index (χ1) is 6.63. The van der Waals surface area contributed by atoms with Gasteiger partial charge in [-0.3, -0.25) is 0 Å². The number of aryl methyl sites for hydroxylation is 1. The number of benzene rings is 1. The van der Waals surface area contributed by atoms with Crippen molar-refractivity contribution < 1.29 is 5.11 Å². The SMILES string of the molecule is CSc1ccc(CC2(O)CC2)cc1C. The van der Waals surface area contributed by atoms with Crippen LogP contribution in [-0.4, -0.2) is 17.0 Å². The molecule has 2 heteroatoms. The van der Waals surface area contributed by atoms with Crippen molar-refractivity contribution >= 4 is 11.8 Å². The average Bonchev–Trinajstić information content (AvgIpc) is 2.84. The minimum absolute atomic E-state index is 0.368. The van der Waals surface area contributed by atoms with E-state index in [-0.39, 0.29) is 5.60 Å². The van der Waals surface area contributed by atoms with Crippen molar-refractivity contribution in [3.63, 3.8) is 0 Å². The number of aliphatic hydroxyl groups is 1. The third-order valence-corrected chi connectivity index (χ3v) is 3.72. The molecule has 0 saturated heterocycles. The molecule has 0 aromatic heterocycles. The molecule has 76 valence electrons. The predicted molar refractivity (Wildman–Crippen MR) is 60.8 cm³/mol. The smallest absolute Gasteiger partial charge is 0.0690 e. The van der Waals surface area contributed by atoms with Crippen LogP contribution < -0.4 is 0 Å². The van der Waals surface area contributed by atoms with Gasteiger partial charge in [0.1, 0.15) is 0 Å². The Bertz CT molecular complexity index is 342. The Morgan fingerprint density at radius 2 is 2.14 bits per heavy atom. The molecule has 0 aliphatic heterocycles. The van der Waals surface area contributed by atoms with E-state index in [0.29, 0.717) is 0 Å². The summed E-state index contributed by atoms with van der Waals surface area (Å²) in [6.07, 6.45) is 4.85. The molecule has 1 aromatic rings. The highest BCUT2D eigenvalue weighted by Crippen LogP contribution is 2.38. The zero-order valence-corrected chi connectivity index (χ0v) is 9.53. The normalized spacial score (nSPS) is 18.2. The molecule has 0 radical (unpaired) electrons. The molecule has 0 atom stereocenters. The fourth-order valence-corrected chi connectivity index (χ4v) is 2.34. The van der Waals surface area contributed by atoms with Gasteiger partial charge >= 0.3 is 0 Å². The number of hydrogen-bond donors (Lipinski definition) is 1. The molecule has 0 unspecified atom stereocenters. The van der Waals surface area contributed by atoms with Gasteiger partial charge in [-0.2, -0.15) is 0 Å². The van der Waals surface area contributed by atoms with Crippen molar-refractivity contribution in [1.82, 2.24) is 0 Å². The summed E-state index contributed by atoms with van der Waals surface area (Å²) in [5.74, 6) is 0. The van der Waals surface area contributed by atoms with Crippen LogP contribution in [-0.2, 0) is 6.42 Å². The molecule has 1 saturated carbocycles. The molecule has 1 aliphatic rings. The zero-order valence-electron chi connectivity index (χ0n) is 8.71. The van der Waals surface area contributed by atoms with E-state index in [9.17, 15) is 5.11 Å². The van der Waals surface area contributed by atoms with Gasteiger partial charge in [0, 0.05) is 11.3 Å². The van der Waals surface area contributed by atoms with E-state index in [4.69, 9.17) is 0 Å². The third-order valence-electron chi connectivity index (χ3n) is 2.82. The fraction of sp³-hybridized carbons (Fsp3) is 0.500. The molecule has 1 aromatic carbocycles. The van der Waals surface area contributed by atoms with Crippen molar-refractivity contribution in [2.75, 3.05) is 6.26 Å². The van der Waals surface area contributed by atoms with Gasteiger partial charge in [-0.25, -0.2) is 0 Å². The molecule has 2 rings (SSSR count). The Balaban J connectivity index is 2.15. The molecular formula is C12H16OS. The summed E-state index contributed by atoms with van der Waals surface area (Å²) in [5.41, 5.74) is 2.22. The lowest BCUT2D eigenvalue weighted by molar-refractivity contribution is 0.151. The van der Waals surface area contributed by atoms with Gasteiger partial charge in [0.2, 0.25) is 0 Å². The lowest BCUT2D eigenvalue weighted by Crippen LogP contribution is -2.10. The van der Waals surface area contributed by atoms with Crippen LogP contribution in [0.3, 0.4) is 0 Å². The zero-order chi connectivity index (χ0) is 10.2. The molecule has 1 N–H and O–H groups in total. The van der Waals surface area contributed by atoms with E-state index in [2.05, 4.69) is 31.4 Å². The summed E-state index contributed by atoms with van der Waals surface area (Å²) in [4.78, 5) is 1.33. The van der Waals surface area contributed by atoms with Crippen molar-refractivity contribution in [1.29, 1.82) is 0 Å². The maximum absolute atomic E-state index is 9.79. The predicted octanol–water partition coefficient (Wildman–Crippen LogP) is 2.78. The summed E-state index contributed by atoms with van der Waals surface area (Å²) >= 11 is 1.78. The minimum atomic E-state index is -0.368. The maximum Gasteiger partial charge on any atom is 0.0690 e. The van der Waals surface area contributed by atoms with Gasteiger partial charge in [0.25, 0.3) is 0 Å². The maximum atomic E-state index is 9.79. The third kappa shape index (κ3) is 2.12. The van der Waals surface area contributed by atoms with Crippen LogP contribution in [0.2, 0.25) is 0 Å². The molecule has 0 spiro atoms. The Morgan fingerprint density at radius 3 is 2.64 bits per heavy atom. The Kier molecular flexibility index (Phi) is 2.58. The first-order valence-corrected chi connectivity index (χ1v) is 6.21. The topological polar surface area (TPSA) is 20.2 Å². The Hall–Kier alpha value is -0.470. The van der Waals surface area contributed by atoms with Gasteiger partial charge in [-0.1, -0.05) is 12.1 Å². The quantitative estimate of drug-likeness (QED) is 0.771. The number of rotatable bonds is 3. The van der Waals surface area contributed by atoms with E-state index in [1.807, 2.05) is 0 Å². The van der Waals surface area contributed by atoms with E-state index in [1.54, 1.807) is 11.8 Å². The second-order valence-corrected chi connectivity index (χ2v) is 5.05. The summed E-state index contributed by atoms with van der Waals surface area (Å²) in [6, 6.07) is 6.48. The molecule has 0 bridgehead atoms. The first kappa shape index (κ1) is 10.1. The van der Waals surface area contributed by atoms with Crippen LogP contribution >= 0.6 is 11.8 Å². The molecule has 1 fully saturated rings. The molecule has 1 nitrogen and oxygen atoms in total. The molecule has 0 heterocycles. The second kappa shape index (κ2) is 3.59. The molecule has 1 aliphatic carbocycles. The number of thioether (sulfide) groups is 1. The summed E-state index contributed by atoms with van der Waals surface area (Å²) in [5, 5.41) is 9.79. The van der Waals surface area contributed by atoms with Crippen molar-refractivity contribution in [2.45, 2.75) is 36.7 Å². The summed E-state index contributed by atoms with van der Waals surface area (Å²) in [7, 11) is 0. The lowest BCUT2D eigenvalue weighted by atomic mass is 10.0. The van der Waals surface area contributed by atoms with Gasteiger partial charge < -0.3 is 5.11 Å². The van der Waals surface area contributed by atoms with Crippen LogP contribution in [0.25, 0.3) is 0 Å². The highest BCUT2D eigenvalue weighted by molar-refractivity contribution is 7.98. The first-order valence-electron chi connectivity index (χ1n) is 4.99. The average molecular weight is 208 g/mol. The Labute approximate surface area is 89.5 Å². The van der Waals surface area contributed by atoms with Crippen molar-refractivity contribution in [3.05, 3.63) is 29.3 Å². The van der Waals surface area contributed by atoms with Gasteiger partial charge in [0.15, 0.2) is 0 Å². The molecule has 0 amide bonds. The standard InChI is InChI=1S/C12H16OS/c1-9-7-10(3-4-11(9)14-2)8-12(13)5-6-12/h3-4,7,13H,5-6,8H2,1-2H3. The van der Waals surface area contributed by atoms with E-state index in [1.165, 1.54) is 16.0 Å². The number of hydrogen-bond acceptors (Lipinski definition) is 2. The van der Waals surface area contributed by atoms with Gasteiger partial charge in [0.05, 0.1) is 5.60 Å². The summed E-state index contributed by atoms with van der Waals surface area (Å²) < 4.78 is 0. The monoisotopic (exact) mass is 208 g/mol. The summed E-state index contributed by atoms with van der Waals surface area (Å²) in [6.45, 7) is 2.13. The van der Waals surface area contributed by atoms with E-state index in [0.717, 1.165) is 19.3 Å². The highest BCUT2D eigenvalue weighted by atomic mass is 32.2. The van der Waals surface area contributed by atoms with Crippen LogP contribution in [0.1, 0.15) is 24.0 Å². The van der Waals surface area contributed by atoms with Crippen LogP contribution in [0, 0.1) is 6.92 Å². The second-order valence-electron chi connectivity index (χ2n) is 4.21. The van der Waals surface area contributed by atoms with E-state index < -0.39 is 0 Å². The van der Waals surface area contributed by atoms with Crippen molar-refractivity contribution in [3.8, 4) is 0 Å². The van der Waals surface area contributed by atoms with Gasteiger partial charge in [-0.05, 0) is 43.2 Å². The van der Waals surface area contributed by atoms with Crippen LogP contribution in [0.5, 0.6) is 0 Å². The largest absolute Gasteiger partial charge is 0.390 e. The van der Waals surface area contributed by atoms with Crippen molar-refractivity contribution in [2.24, 2.45) is 0 Å². The molecular weight excluding hydrogens is 192 g/mol. The lowest BCUT2D eigenvalue weighted by Gasteiger charge is -2.09.